The molecule has 16 heavy (non-hydrogen) atoms. The third-order valence-corrected chi connectivity index (χ3v) is 3.79. The molecule has 1 aliphatic rings. The normalized spacial score (nSPS) is 15.7. The Balaban J connectivity index is 2.40. The van der Waals surface area contributed by atoms with Crippen LogP contribution >= 0.6 is 15.9 Å². The largest absolute Gasteiger partial charge is 0.244 e. The van der Waals surface area contributed by atoms with Gasteiger partial charge in [-0.3, -0.25) is 0 Å². The molecule has 1 aliphatic carbocycles. The highest BCUT2D eigenvalue weighted by Gasteiger charge is 2.36. The van der Waals surface area contributed by atoms with Gasteiger partial charge in [-0.1, -0.05) is 35.8 Å². The zero-order valence-electron chi connectivity index (χ0n) is 9.16. The first-order valence-electron chi connectivity index (χ1n) is 5.21. The second kappa shape index (κ2) is 3.14. The highest BCUT2D eigenvalue weighted by atomic mass is 79.9. The average molecular weight is 275 g/mol. The van der Waals surface area contributed by atoms with Gasteiger partial charge in [-0.15, -0.1) is 0 Å². The van der Waals surface area contributed by atoms with Crippen molar-refractivity contribution in [1.29, 1.82) is 0 Å². The molecule has 0 aliphatic heterocycles. The van der Waals surface area contributed by atoms with Gasteiger partial charge in [0.2, 0.25) is 0 Å². The van der Waals surface area contributed by atoms with Gasteiger partial charge < -0.3 is 0 Å². The molecule has 80 valence electrons. The molecule has 0 saturated carbocycles. The minimum Gasteiger partial charge on any atom is -0.244 e. The minimum atomic E-state index is 0.00657. The van der Waals surface area contributed by atoms with Crippen LogP contribution in [0.3, 0.4) is 0 Å². The van der Waals surface area contributed by atoms with Gasteiger partial charge in [-0.05, 0) is 17.7 Å². The van der Waals surface area contributed by atoms with Crippen molar-refractivity contribution in [3.05, 3.63) is 46.3 Å². The first-order valence-corrected chi connectivity index (χ1v) is 6.01. The SMILES string of the molecule is CC1(C)c2ccc(Br)cc2-c2ncncc21. The fourth-order valence-electron chi connectivity index (χ4n) is 2.40. The Hall–Kier alpha value is -1.22. The van der Waals surface area contributed by atoms with Gasteiger partial charge in [-0.2, -0.15) is 0 Å². The first kappa shape index (κ1) is 9.97. The second-order valence-electron chi connectivity index (χ2n) is 4.60. The highest BCUT2D eigenvalue weighted by molar-refractivity contribution is 9.10. The number of fused-ring (bicyclic) bond motifs is 3. The van der Waals surface area contributed by atoms with Crippen molar-refractivity contribution in [2.75, 3.05) is 0 Å². The van der Waals surface area contributed by atoms with Gasteiger partial charge in [0.1, 0.15) is 6.33 Å². The first-order chi connectivity index (χ1) is 7.60. The zero-order valence-corrected chi connectivity index (χ0v) is 10.7. The maximum Gasteiger partial charge on any atom is 0.116 e. The zero-order chi connectivity index (χ0) is 11.3. The number of benzene rings is 1. The lowest BCUT2D eigenvalue weighted by atomic mass is 9.83. The van der Waals surface area contributed by atoms with Crippen LogP contribution in [0, 0.1) is 0 Å². The molecule has 3 heteroatoms. The third-order valence-electron chi connectivity index (χ3n) is 3.30. The summed E-state index contributed by atoms with van der Waals surface area (Å²) in [5.41, 5.74) is 4.83. The van der Waals surface area contributed by atoms with Gasteiger partial charge in [-0.25, -0.2) is 9.97 Å². The molecule has 0 bridgehead atoms. The van der Waals surface area contributed by atoms with Gasteiger partial charge in [0.25, 0.3) is 0 Å². The van der Waals surface area contributed by atoms with Gasteiger partial charge in [0.15, 0.2) is 0 Å². The highest BCUT2D eigenvalue weighted by Crippen LogP contribution is 2.47. The number of nitrogens with zero attached hydrogens (tertiary/aromatic N) is 2. The molecule has 0 N–H and O–H groups in total. The Bertz CT molecular complexity index is 576. The lowest BCUT2D eigenvalue weighted by molar-refractivity contribution is 0.655. The van der Waals surface area contributed by atoms with E-state index in [1.165, 1.54) is 16.7 Å². The number of hydrogen-bond acceptors (Lipinski definition) is 2. The summed E-state index contributed by atoms with van der Waals surface area (Å²) in [5.74, 6) is 0. The quantitative estimate of drug-likeness (QED) is 0.734. The van der Waals surface area contributed by atoms with Gasteiger partial charge in [0.05, 0.1) is 5.69 Å². The van der Waals surface area contributed by atoms with Crippen LogP contribution in [0.2, 0.25) is 0 Å². The van der Waals surface area contributed by atoms with Crippen LogP contribution in [0.1, 0.15) is 25.0 Å². The molecule has 1 aromatic heterocycles. The Kier molecular flexibility index (Phi) is 1.96. The summed E-state index contributed by atoms with van der Waals surface area (Å²) in [6.45, 7) is 4.43. The molecular weight excluding hydrogens is 264 g/mol. The van der Waals surface area contributed by atoms with E-state index in [0.717, 1.165) is 10.2 Å². The van der Waals surface area contributed by atoms with Crippen molar-refractivity contribution in [1.82, 2.24) is 9.97 Å². The van der Waals surface area contributed by atoms with Crippen LogP contribution in [0.4, 0.5) is 0 Å². The molecule has 0 saturated heterocycles. The van der Waals surface area contributed by atoms with Crippen molar-refractivity contribution in [2.24, 2.45) is 0 Å². The maximum absolute atomic E-state index is 4.41. The van der Waals surface area contributed by atoms with Crippen LogP contribution < -0.4 is 0 Å². The number of aromatic nitrogens is 2. The molecule has 2 nitrogen and oxygen atoms in total. The van der Waals surface area contributed by atoms with Crippen LogP contribution in [-0.4, -0.2) is 9.97 Å². The Morgan fingerprint density at radius 1 is 1.19 bits per heavy atom. The Morgan fingerprint density at radius 2 is 2.00 bits per heavy atom. The molecule has 0 spiro atoms. The molecule has 3 rings (SSSR count). The topological polar surface area (TPSA) is 25.8 Å². The summed E-state index contributed by atoms with van der Waals surface area (Å²) in [7, 11) is 0. The van der Waals surface area contributed by atoms with Crippen LogP contribution in [0.5, 0.6) is 0 Å². The molecule has 0 unspecified atom stereocenters. The predicted octanol–water partition coefficient (Wildman–Crippen LogP) is 3.55. The van der Waals surface area contributed by atoms with E-state index >= 15 is 0 Å². The Morgan fingerprint density at radius 3 is 2.81 bits per heavy atom. The van der Waals surface area contributed by atoms with E-state index in [1.54, 1.807) is 6.33 Å². The van der Waals surface area contributed by atoms with Crippen LogP contribution in [0.25, 0.3) is 11.3 Å². The van der Waals surface area contributed by atoms with Crippen molar-refractivity contribution >= 4 is 15.9 Å². The standard InChI is InChI=1S/C13H11BrN2/c1-13(2)10-4-3-8(14)5-9(10)12-11(13)6-15-7-16-12/h3-7H,1-2H3. The molecule has 0 radical (unpaired) electrons. The predicted molar refractivity (Wildman–Crippen MR) is 67.3 cm³/mol. The van der Waals surface area contributed by atoms with Crippen LogP contribution in [-0.2, 0) is 5.41 Å². The van der Waals surface area contributed by atoms with E-state index in [-0.39, 0.29) is 5.41 Å². The summed E-state index contributed by atoms with van der Waals surface area (Å²) in [4.78, 5) is 8.54. The number of hydrogen-bond donors (Lipinski definition) is 0. The second-order valence-corrected chi connectivity index (χ2v) is 5.52. The average Bonchev–Trinajstić information content (AvgIpc) is 2.49. The monoisotopic (exact) mass is 274 g/mol. The van der Waals surface area contributed by atoms with Gasteiger partial charge in [0, 0.05) is 27.2 Å². The lowest BCUT2D eigenvalue weighted by Gasteiger charge is -2.20. The maximum atomic E-state index is 4.41. The molecule has 1 heterocycles. The van der Waals surface area contributed by atoms with E-state index in [2.05, 4.69) is 57.9 Å². The van der Waals surface area contributed by atoms with E-state index in [1.807, 2.05) is 6.20 Å². The molecule has 0 fully saturated rings. The van der Waals surface area contributed by atoms with Crippen molar-refractivity contribution in [3.63, 3.8) is 0 Å². The Labute approximate surface area is 103 Å². The smallest absolute Gasteiger partial charge is 0.116 e. The van der Waals surface area contributed by atoms with E-state index in [0.29, 0.717) is 0 Å². The molecule has 1 aromatic carbocycles. The van der Waals surface area contributed by atoms with Crippen molar-refractivity contribution < 1.29 is 0 Å². The van der Waals surface area contributed by atoms with Crippen molar-refractivity contribution in [2.45, 2.75) is 19.3 Å². The summed E-state index contributed by atoms with van der Waals surface area (Å²) >= 11 is 3.51. The molecule has 0 amide bonds. The summed E-state index contributed by atoms with van der Waals surface area (Å²) in [5, 5.41) is 0. The lowest BCUT2D eigenvalue weighted by Crippen LogP contribution is -2.15. The number of halogens is 1. The van der Waals surface area contributed by atoms with E-state index in [9.17, 15) is 0 Å². The fraction of sp³-hybridized carbons (Fsp3) is 0.231. The molecule has 0 atom stereocenters. The summed E-state index contributed by atoms with van der Waals surface area (Å²) in [6.07, 6.45) is 3.54. The van der Waals surface area contributed by atoms with Gasteiger partial charge >= 0.3 is 0 Å². The van der Waals surface area contributed by atoms with E-state index < -0.39 is 0 Å². The summed E-state index contributed by atoms with van der Waals surface area (Å²) < 4.78 is 1.09. The fourth-order valence-corrected chi connectivity index (χ4v) is 2.77. The van der Waals surface area contributed by atoms with Crippen molar-refractivity contribution in [3.8, 4) is 11.3 Å². The van der Waals surface area contributed by atoms with Crippen LogP contribution in [0.15, 0.2) is 35.2 Å². The minimum absolute atomic E-state index is 0.00657. The molecular formula is C13H11BrN2. The summed E-state index contributed by atoms with van der Waals surface area (Å²) in [6, 6.07) is 6.39. The van der Waals surface area contributed by atoms with E-state index in [4.69, 9.17) is 0 Å². The molecule has 2 aromatic rings. The third kappa shape index (κ3) is 1.18. The number of rotatable bonds is 0.